The Hall–Kier alpha value is -0.520. The van der Waals surface area contributed by atoms with Crippen LogP contribution in [0.25, 0.3) is 0 Å². The van der Waals surface area contributed by atoms with Crippen LogP contribution in [0.15, 0.2) is 16.6 Å². The maximum absolute atomic E-state index is 13.9. The number of rotatable bonds is 3. The van der Waals surface area contributed by atoms with Crippen molar-refractivity contribution in [3.8, 4) is 0 Å². The van der Waals surface area contributed by atoms with Crippen LogP contribution in [-0.2, 0) is 6.54 Å². The van der Waals surface area contributed by atoms with Crippen molar-refractivity contribution in [3.05, 3.63) is 33.8 Å². The average Bonchev–Trinajstić information content (AvgIpc) is 2.41. The van der Waals surface area contributed by atoms with Gasteiger partial charge in [0.15, 0.2) is 0 Å². The fourth-order valence-electron chi connectivity index (χ4n) is 2.61. The van der Waals surface area contributed by atoms with Gasteiger partial charge < -0.3 is 5.73 Å². The molecule has 1 heterocycles. The fraction of sp³-hybridized carbons (Fsp3) is 0.571. The van der Waals surface area contributed by atoms with Gasteiger partial charge in [0, 0.05) is 18.7 Å². The Morgan fingerprint density at radius 2 is 2.16 bits per heavy atom. The van der Waals surface area contributed by atoms with Crippen molar-refractivity contribution in [1.29, 1.82) is 0 Å². The molecule has 1 aliphatic rings. The lowest BCUT2D eigenvalue weighted by atomic mass is 9.87. The lowest BCUT2D eigenvalue weighted by Crippen LogP contribution is -2.42. The van der Waals surface area contributed by atoms with Crippen LogP contribution in [-0.4, -0.2) is 24.5 Å². The molecule has 2 unspecified atom stereocenters. The van der Waals surface area contributed by atoms with E-state index in [0.29, 0.717) is 29.4 Å². The third-order valence-corrected chi connectivity index (χ3v) is 4.63. The summed E-state index contributed by atoms with van der Waals surface area (Å²) in [5.74, 6) is 0.0111. The van der Waals surface area contributed by atoms with E-state index >= 15 is 0 Å². The van der Waals surface area contributed by atoms with E-state index < -0.39 is 11.6 Å². The Morgan fingerprint density at radius 3 is 2.84 bits per heavy atom. The summed E-state index contributed by atoms with van der Waals surface area (Å²) < 4.78 is 28.0. The zero-order valence-corrected chi connectivity index (χ0v) is 12.6. The van der Waals surface area contributed by atoms with Crippen LogP contribution in [0, 0.1) is 23.5 Å². The second kappa shape index (κ2) is 6.29. The predicted octanol–water partition coefficient (Wildman–Crippen LogP) is 3.14. The first-order valence-corrected chi connectivity index (χ1v) is 7.37. The number of likely N-dealkylation sites (tertiary alicyclic amines) is 1. The first-order valence-electron chi connectivity index (χ1n) is 6.57. The molecule has 1 aliphatic heterocycles. The summed E-state index contributed by atoms with van der Waals surface area (Å²) in [6, 6.07) is 2.70. The lowest BCUT2D eigenvalue weighted by Gasteiger charge is -2.36. The highest BCUT2D eigenvalue weighted by atomic mass is 79.9. The van der Waals surface area contributed by atoms with Crippen LogP contribution < -0.4 is 5.73 Å². The lowest BCUT2D eigenvalue weighted by molar-refractivity contribution is 0.123. The van der Waals surface area contributed by atoms with Gasteiger partial charge in [-0.1, -0.05) is 6.92 Å². The summed E-state index contributed by atoms with van der Waals surface area (Å²) in [5, 5.41) is 0. The van der Waals surface area contributed by atoms with Crippen molar-refractivity contribution in [2.24, 2.45) is 17.6 Å². The topological polar surface area (TPSA) is 29.3 Å². The Bertz CT molecular complexity index is 453. The van der Waals surface area contributed by atoms with Crippen molar-refractivity contribution in [2.75, 3.05) is 19.6 Å². The maximum Gasteiger partial charge on any atom is 0.144 e. The van der Waals surface area contributed by atoms with E-state index in [0.717, 1.165) is 19.5 Å². The molecular formula is C14H19BrF2N2. The van der Waals surface area contributed by atoms with Gasteiger partial charge in [-0.2, -0.15) is 0 Å². The van der Waals surface area contributed by atoms with E-state index in [2.05, 4.69) is 27.8 Å². The van der Waals surface area contributed by atoms with Gasteiger partial charge in [-0.3, -0.25) is 4.90 Å². The molecule has 19 heavy (non-hydrogen) atoms. The van der Waals surface area contributed by atoms with Gasteiger partial charge >= 0.3 is 0 Å². The van der Waals surface area contributed by atoms with Crippen LogP contribution in [0.4, 0.5) is 8.78 Å². The van der Waals surface area contributed by atoms with Crippen molar-refractivity contribution >= 4 is 15.9 Å². The Balaban J connectivity index is 2.12. The maximum atomic E-state index is 13.9. The molecule has 0 aromatic heterocycles. The molecule has 0 radical (unpaired) electrons. The highest BCUT2D eigenvalue weighted by Gasteiger charge is 2.26. The summed E-state index contributed by atoms with van der Waals surface area (Å²) >= 11 is 3.10. The first-order chi connectivity index (χ1) is 9.02. The van der Waals surface area contributed by atoms with Gasteiger partial charge in [0.1, 0.15) is 11.6 Å². The zero-order chi connectivity index (χ0) is 14.0. The van der Waals surface area contributed by atoms with E-state index in [1.807, 2.05) is 0 Å². The summed E-state index contributed by atoms with van der Waals surface area (Å²) in [6.07, 6.45) is 1.03. The summed E-state index contributed by atoms with van der Waals surface area (Å²) in [7, 11) is 0. The molecule has 0 bridgehead atoms. The van der Waals surface area contributed by atoms with Gasteiger partial charge in [-0.25, -0.2) is 8.78 Å². The van der Waals surface area contributed by atoms with E-state index in [4.69, 9.17) is 5.73 Å². The SMILES string of the molecule is CC1CCN(Cc2c(F)ccc(Br)c2F)CC1CN. The van der Waals surface area contributed by atoms with Crippen molar-refractivity contribution < 1.29 is 8.78 Å². The standard InChI is InChI=1S/C14H19BrF2N2/c1-9-4-5-19(7-10(9)6-18)8-11-13(16)3-2-12(15)14(11)17/h2-3,9-10H,4-8,18H2,1H3. The van der Waals surface area contributed by atoms with Crippen LogP contribution in [0.2, 0.25) is 0 Å². The van der Waals surface area contributed by atoms with E-state index in [1.165, 1.54) is 12.1 Å². The molecule has 0 saturated carbocycles. The monoisotopic (exact) mass is 332 g/mol. The minimum Gasteiger partial charge on any atom is -0.330 e. The molecule has 0 amide bonds. The molecule has 0 aliphatic carbocycles. The molecule has 5 heteroatoms. The van der Waals surface area contributed by atoms with Crippen LogP contribution >= 0.6 is 15.9 Å². The Kier molecular flexibility index (Phi) is 4.92. The molecule has 1 fully saturated rings. The van der Waals surface area contributed by atoms with Gasteiger partial charge in [0.25, 0.3) is 0 Å². The van der Waals surface area contributed by atoms with E-state index in [9.17, 15) is 8.78 Å². The number of hydrogen-bond acceptors (Lipinski definition) is 2. The molecule has 106 valence electrons. The third-order valence-electron chi connectivity index (χ3n) is 4.02. The number of halogens is 3. The third kappa shape index (κ3) is 3.33. The second-order valence-corrected chi connectivity index (χ2v) is 6.17. The minimum absolute atomic E-state index is 0.139. The fourth-order valence-corrected chi connectivity index (χ4v) is 2.98. The highest BCUT2D eigenvalue weighted by Crippen LogP contribution is 2.27. The molecular weight excluding hydrogens is 314 g/mol. The van der Waals surface area contributed by atoms with Crippen LogP contribution in [0.1, 0.15) is 18.9 Å². The van der Waals surface area contributed by atoms with Gasteiger partial charge in [0.2, 0.25) is 0 Å². The molecule has 2 atom stereocenters. The second-order valence-electron chi connectivity index (χ2n) is 5.32. The summed E-state index contributed by atoms with van der Waals surface area (Å²) in [6.45, 7) is 4.79. The molecule has 2 rings (SSSR count). The van der Waals surface area contributed by atoms with Crippen LogP contribution in [0.5, 0.6) is 0 Å². The molecule has 1 saturated heterocycles. The predicted molar refractivity (Wildman–Crippen MR) is 75.7 cm³/mol. The van der Waals surface area contributed by atoms with Crippen molar-refractivity contribution in [2.45, 2.75) is 19.9 Å². The molecule has 0 spiro atoms. The van der Waals surface area contributed by atoms with Crippen LogP contribution in [0.3, 0.4) is 0 Å². The molecule has 1 aromatic carbocycles. The van der Waals surface area contributed by atoms with Gasteiger partial charge in [-0.05, 0) is 59.4 Å². The molecule has 2 nitrogen and oxygen atoms in total. The van der Waals surface area contributed by atoms with Gasteiger partial charge in [-0.15, -0.1) is 0 Å². The largest absolute Gasteiger partial charge is 0.330 e. The normalized spacial score (nSPS) is 24.7. The molecule has 2 N–H and O–H groups in total. The smallest absolute Gasteiger partial charge is 0.144 e. The number of hydrogen-bond donors (Lipinski definition) is 1. The minimum atomic E-state index is -0.497. The Labute approximate surface area is 121 Å². The molecule has 1 aromatic rings. The number of nitrogens with zero attached hydrogens (tertiary/aromatic N) is 1. The summed E-state index contributed by atoms with van der Waals surface area (Å²) in [5.41, 5.74) is 5.89. The average molecular weight is 333 g/mol. The number of benzene rings is 1. The van der Waals surface area contributed by atoms with E-state index in [1.54, 1.807) is 0 Å². The quantitative estimate of drug-likeness (QED) is 0.861. The van der Waals surface area contributed by atoms with E-state index in [-0.39, 0.29) is 5.56 Å². The van der Waals surface area contributed by atoms with Crippen molar-refractivity contribution in [1.82, 2.24) is 4.90 Å². The van der Waals surface area contributed by atoms with Gasteiger partial charge in [0.05, 0.1) is 4.47 Å². The number of nitrogens with two attached hydrogens (primary N) is 1. The zero-order valence-electron chi connectivity index (χ0n) is 11.0. The Morgan fingerprint density at radius 1 is 1.42 bits per heavy atom. The first kappa shape index (κ1) is 14.9. The van der Waals surface area contributed by atoms with Crippen molar-refractivity contribution in [3.63, 3.8) is 0 Å². The summed E-state index contributed by atoms with van der Waals surface area (Å²) in [4.78, 5) is 2.09. The number of piperidine rings is 1. The highest BCUT2D eigenvalue weighted by molar-refractivity contribution is 9.10.